The fourth-order valence-corrected chi connectivity index (χ4v) is 3.83. The zero-order chi connectivity index (χ0) is 25.4. The highest BCUT2D eigenvalue weighted by Crippen LogP contribution is 2.35. The number of nitrogen functional groups attached to an aromatic ring is 1. The van der Waals surface area contributed by atoms with Crippen LogP contribution in [-0.2, 0) is 25.1 Å². The molecule has 0 aliphatic rings. The van der Waals surface area contributed by atoms with Crippen LogP contribution in [0.3, 0.4) is 0 Å². The second kappa shape index (κ2) is 9.21. The molecule has 0 bridgehead atoms. The minimum Gasteiger partial charge on any atom is -0.384 e. The fourth-order valence-electron chi connectivity index (χ4n) is 3.09. The standard InChI is InChI=1S/C20H18F4N6O3S/c1-26-12(15-16(25)29(2)19(33)30(3)17(15)32)7-14(31)28-18-27-13(8-34-18)9-4-5-11(21)10(6-9)20(22,23)24/h4-6,8H,7,25H2,1-3H3,(H,27,28,31). The van der Waals surface area contributed by atoms with Crippen molar-refractivity contribution < 1.29 is 22.4 Å². The molecule has 3 rings (SSSR count). The third-order valence-electron chi connectivity index (χ3n) is 4.91. The second-order valence-electron chi connectivity index (χ2n) is 7.09. The van der Waals surface area contributed by atoms with Gasteiger partial charge in [0, 0.05) is 32.1 Å². The zero-order valence-corrected chi connectivity index (χ0v) is 18.8. The Morgan fingerprint density at radius 3 is 2.53 bits per heavy atom. The predicted octanol–water partition coefficient (Wildman–Crippen LogP) is 2.40. The average Bonchev–Trinajstić information content (AvgIpc) is 3.23. The van der Waals surface area contributed by atoms with Crippen LogP contribution >= 0.6 is 11.3 Å². The molecule has 0 fully saturated rings. The molecule has 0 spiro atoms. The second-order valence-corrected chi connectivity index (χ2v) is 7.95. The van der Waals surface area contributed by atoms with E-state index < -0.39 is 41.1 Å². The first-order valence-electron chi connectivity index (χ1n) is 9.49. The van der Waals surface area contributed by atoms with Crippen LogP contribution in [0, 0.1) is 5.82 Å². The van der Waals surface area contributed by atoms with Gasteiger partial charge in [-0.3, -0.25) is 23.7 Å². The number of aromatic nitrogens is 3. The van der Waals surface area contributed by atoms with Gasteiger partial charge in [-0.15, -0.1) is 11.3 Å². The molecule has 0 unspecified atom stereocenters. The van der Waals surface area contributed by atoms with Crippen molar-refractivity contribution in [2.45, 2.75) is 12.6 Å². The number of amides is 1. The van der Waals surface area contributed by atoms with Gasteiger partial charge in [-0.25, -0.2) is 14.2 Å². The van der Waals surface area contributed by atoms with Crippen LogP contribution in [-0.4, -0.2) is 32.8 Å². The highest BCUT2D eigenvalue weighted by Gasteiger charge is 2.34. The van der Waals surface area contributed by atoms with Gasteiger partial charge in [0.2, 0.25) is 5.91 Å². The van der Waals surface area contributed by atoms with Crippen molar-refractivity contribution in [1.82, 2.24) is 14.1 Å². The van der Waals surface area contributed by atoms with Crippen molar-refractivity contribution in [2.24, 2.45) is 19.1 Å². The van der Waals surface area contributed by atoms with Gasteiger partial charge in [0.1, 0.15) is 17.2 Å². The molecule has 14 heteroatoms. The Morgan fingerprint density at radius 1 is 1.24 bits per heavy atom. The maximum atomic E-state index is 13.5. The van der Waals surface area contributed by atoms with E-state index in [0.717, 1.165) is 26.5 Å². The lowest BCUT2D eigenvalue weighted by molar-refractivity contribution is -0.140. The van der Waals surface area contributed by atoms with E-state index in [9.17, 15) is 31.9 Å². The molecule has 3 N–H and O–H groups in total. The third kappa shape index (κ3) is 4.76. The summed E-state index contributed by atoms with van der Waals surface area (Å²) in [5.74, 6) is -2.20. The van der Waals surface area contributed by atoms with Crippen molar-refractivity contribution in [2.75, 3.05) is 18.1 Å². The molecule has 0 saturated carbocycles. The van der Waals surface area contributed by atoms with E-state index in [2.05, 4.69) is 15.3 Å². The van der Waals surface area contributed by atoms with Crippen LogP contribution in [0.5, 0.6) is 0 Å². The van der Waals surface area contributed by atoms with Crippen molar-refractivity contribution >= 4 is 33.9 Å². The Bertz CT molecular complexity index is 1420. The van der Waals surface area contributed by atoms with E-state index in [1.807, 2.05) is 0 Å². The van der Waals surface area contributed by atoms with Gasteiger partial charge < -0.3 is 11.1 Å². The fraction of sp³-hybridized carbons (Fsp3) is 0.250. The number of hydrogen-bond acceptors (Lipinski definition) is 7. The molecule has 2 aromatic heterocycles. The zero-order valence-electron chi connectivity index (χ0n) is 18.0. The van der Waals surface area contributed by atoms with Gasteiger partial charge in [0.05, 0.1) is 23.4 Å². The van der Waals surface area contributed by atoms with E-state index in [0.29, 0.717) is 12.1 Å². The minimum absolute atomic E-state index is 0.0164. The first-order chi connectivity index (χ1) is 15.8. The number of nitrogens with zero attached hydrogens (tertiary/aromatic N) is 4. The van der Waals surface area contributed by atoms with Crippen LogP contribution in [0.1, 0.15) is 17.5 Å². The van der Waals surface area contributed by atoms with E-state index in [4.69, 9.17) is 5.73 Å². The van der Waals surface area contributed by atoms with Crippen molar-refractivity contribution in [1.29, 1.82) is 0 Å². The van der Waals surface area contributed by atoms with Crippen LogP contribution in [0.25, 0.3) is 11.3 Å². The van der Waals surface area contributed by atoms with Gasteiger partial charge in [0.15, 0.2) is 5.13 Å². The molecule has 0 radical (unpaired) electrons. The Labute approximate surface area is 193 Å². The summed E-state index contributed by atoms with van der Waals surface area (Å²) in [5.41, 5.74) is 3.15. The molecule has 0 aliphatic carbocycles. The number of carbonyl (C=O) groups excluding carboxylic acids is 1. The number of aliphatic imine (C=N–C) groups is 1. The van der Waals surface area contributed by atoms with Crippen molar-refractivity contribution in [3.05, 3.63) is 61.4 Å². The summed E-state index contributed by atoms with van der Waals surface area (Å²) in [6, 6.07) is 2.47. The molecule has 0 atom stereocenters. The SMILES string of the molecule is CN=C(CC(=O)Nc1nc(-c2ccc(F)c(C(F)(F)F)c2)cs1)c1c(N)n(C)c(=O)n(C)c1=O. The van der Waals surface area contributed by atoms with E-state index in [-0.39, 0.29) is 33.5 Å². The van der Waals surface area contributed by atoms with Gasteiger partial charge in [0.25, 0.3) is 5.56 Å². The van der Waals surface area contributed by atoms with E-state index in [1.165, 1.54) is 26.5 Å². The summed E-state index contributed by atoms with van der Waals surface area (Å²) < 4.78 is 54.3. The van der Waals surface area contributed by atoms with E-state index in [1.54, 1.807) is 0 Å². The Hall–Kier alpha value is -3.81. The van der Waals surface area contributed by atoms with E-state index >= 15 is 0 Å². The van der Waals surface area contributed by atoms with Gasteiger partial charge in [-0.1, -0.05) is 0 Å². The molecule has 2 heterocycles. The number of rotatable bonds is 5. The lowest BCUT2D eigenvalue weighted by Gasteiger charge is -2.13. The van der Waals surface area contributed by atoms with Crippen LogP contribution in [0.15, 0.2) is 38.2 Å². The van der Waals surface area contributed by atoms with Crippen LogP contribution < -0.4 is 22.3 Å². The number of thiazole rings is 1. The number of anilines is 2. The normalized spacial score (nSPS) is 12.1. The topological polar surface area (TPSA) is 124 Å². The maximum absolute atomic E-state index is 13.5. The monoisotopic (exact) mass is 498 g/mol. The number of nitrogens with two attached hydrogens (primary N) is 1. The summed E-state index contributed by atoms with van der Waals surface area (Å²) in [7, 11) is 3.98. The van der Waals surface area contributed by atoms with Crippen LogP contribution in [0.4, 0.5) is 28.5 Å². The largest absolute Gasteiger partial charge is 0.419 e. The average molecular weight is 498 g/mol. The number of halogens is 4. The first-order valence-corrected chi connectivity index (χ1v) is 10.4. The lowest BCUT2D eigenvalue weighted by atomic mass is 10.1. The quantitative estimate of drug-likeness (QED) is 0.413. The number of carbonyl (C=O) groups is 1. The molecule has 9 nitrogen and oxygen atoms in total. The summed E-state index contributed by atoms with van der Waals surface area (Å²) in [6.45, 7) is 0. The molecular weight excluding hydrogens is 480 g/mol. The molecule has 3 aromatic rings. The minimum atomic E-state index is -4.87. The van der Waals surface area contributed by atoms with Crippen molar-refractivity contribution in [3.63, 3.8) is 0 Å². The summed E-state index contributed by atoms with van der Waals surface area (Å²) in [4.78, 5) is 45.1. The molecule has 1 aromatic carbocycles. The predicted molar refractivity (Wildman–Crippen MR) is 120 cm³/mol. The van der Waals surface area contributed by atoms with Crippen molar-refractivity contribution in [3.8, 4) is 11.3 Å². The highest BCUT2D eigenvalue weighted by molar-refractivity contribution is 7.14. The number of benzene rings is 1. The molecule has 1 amide bonds. The number of nitrogens with one attached hydrogen (secondary N) is 1. The molecule has 34 heavy (non-hydrogen) atoms. The number of alkyl halides is 3. The summed E-state index contributed by atoms with van der Waals surface area (Å²) in [6.07, 6.45) is -5.26. The summed E-state index contributed by atoms with van der Waals surface area (Å²) >= 11 is 0.940. The van der Waals surface area contributed by atoms with Gasteiger partial charge >= 0.3 is 11.9 Å². The molecule has 180 valence electrons. The first kappa shape index (κ1) is 24.8. The van der Waals surface area contributed by atoms with Gasteiger partial charge in [-0.05, 0) is 18.2 Å². The van der Waals surface area contributed by atoms with Crippen LogP contribution in [0.2, 0.25) is 0 Å². The Balaban J connectivity index is 1.83. The smallest absolute Gasteiger partial charge is 0.384 e. The Morgan fingerprint density at radius 2 is 1.91 bits per heavy atom. The lowest BCUT2D eigenvalue weighted by Crippen LogP contribution is -2.42. The molecule has 0 aliphatic heterocycles. The summed E-state index contributed by atoms with van der Waals surface area (Å²) in [5, 5.41) is 3.94. The molecule has 0 saturated heterocycles. The van der Waals surface area contributed by atoms with Gasteiger partial charge in [-0.2, -0.15) is 13.2 Å². The third-order valence-corrected chi connectivity index (χ3v) is 5.67. The maximum Gasteiger partial charge on any atom is 0.419 e. The number of hydrogen-bond donors (Lipinski definition) is 2. The highest BCUT2D eigenvalue weighted by atomic mass is 32.1. The Kier molecular flexibility index (Phi) is 6.72. The molecular formula is C20H18F4N6O3S.